The minimum atomic E-state index is -0.749. The maximum absolute atomic E-state index is 11.5. The average molecular weight is 234 g/mol. The number of hydrogen-bond acceptors (Lipinski definition) is 4. The molecule has 0 fully saturated rings. The van der Waals surface area contributed by atoms with Crippen LogP contribution in [-0.2, 0) is 4.74 Å². The van der Waals surface area contributed by atoms with Crippen LogP contribution in [0.15, 0.2) is 30.6 Å². The van der Waals surface area contributed by atoms with E-state index in [9.17, 15) is 4.79 Å². The van der Waals surface area contributed by atoms with Crippen LogP contribution in [0.4, 0.5) is 4.79 Å². The zero-order valence-corrected chi connectivity index (χ0v) is 10.0. The predicted molar refractivity (Wildman–Crippen MR) is 62.5 cm³/mol. The quantitative estimate of drug-likeness (QED) is 0.711. The summed E-state index contributed by atoms with van der Waals surface area (Å²) in [5, 5.41) is 0.899. The fraction of sp³-hybridized carbons (Fsp3) is 0.333. The lowest BCUT2D eigenvalue weighted by atomic mass is 10.2. The van der Waals surface area contributed by atoms with E-state index in [-0.39, 0.29) is 0 Å². The number of hydrogen-bond donors (Lipinski definition) is 0. The summed E-state index contributed by atoms with van der Waals surface area (Å²) < 4.78 is 6.35. The molecule has 0 N–H and O–H groups in total. The molecule has 2 heterocycles. The third-order valence-corrected chi connectivity index (χ3v) is 1.98. The Morgan fingerprint density at radius 3 is 2.82 bits per heavy atom. The van der Waals surface area contributed by atoms with E-state index in [2.05, 4.69) is 4.98 Å². The van der Waals surface area contributed by atoms with Crippen LogP contribution >= 0.6 is 0 Å². The molecule has 0 aliphatic heterocycles. The van der Waals surface area contributed by atoms with Crippen LogP contribution < -0.4 is 4.84 Å². The number of carbonyl (C=O) groups excluding carboxylic acids is 1. The molecule has 2 aromatic heterocycles. The highest BCUT2D eigenvalue weighted by Crippen LogP contribution is 2.12. The number of nitrogens with zero attached hydrogens (tertiary/aromatic N) is 2. The number of rotatable bonds is 1. The largest absolute Gasteiger partial charge is 0.534 e. The third kappa shape index (κ3) is 2.75. The molecule has 0 amide bonds. The van der Waals surface area contributed by atoms with E-state index >= 15 is 0 Å². The average Bonchev–Trinajstić information content (AvgIpc) is 2.59. The van der Waals surface area contributed by atoms with Crippen molar-refractivity contribution >= 4 is 17.2 Å². The van der Waals surface area contributed by atoms with E-state index < -0.39 is 11.8 Å². The molecule has 0 saturated heterocycles. The first-order valence-electron chi connectivity index (χ1n) is 5.29. The molecule has 0 spiro atoms. The second-order valence-corrected chi connectivity index (χ2v) is 4.61. The molecule has 0 aliphatic rings. The Hall–Kier alpha value is -2.04. The Balaban J connectivity index is 2.16. The smallest absolute Gasteiger partial charge is 0.427 e. The van der Waals surface area contributed by atoms with Gasteiger partial charge in [-0.25, -0.2) is 9.78 Å². The second kappa shape index (κ2) is 4.08. The number of carbonyl (C=O) groups is 1. The van der Waals surface area contributed by atoms with Gasteiger partial charge in [-0.3, -0.25) is 4.84 Å². The summed E-state index contributed by atoms with van der Waals surface area (Å²) in [7, 11) is 0. The molecule has 90 valence electrons. The van der Waals surface area contributed by atoms with Crippen molar-refractivity contribution in [1.82, 2.24) is 9.71 Å². The van der Waals surface area contributed by atoms with Gasteiger partial charge in [0.25, 0.3) is 0 Å². The molecule has 0 bridgehead atoms. The van der Waals surface area contributed by atoms with Crippen molar-refractivity contribution < 1.29 is 14.4 Å². The number of fused-ring (bicyclic) bond motifs is 1. The van der Waals surface area contributed by atoms with Crippen molar-refractivity contribution in [3.63, 3.8) is 0 Å². The molecule has 2 rings (SSSR count). The Labute approximate surface area is 98.9 Å². The molecule has 0 aliphatic carbocycles. The van der Waals surface area contributed by atoms with Gasteiger partial charge in [-0.15, -0.1) is 0 Å². The van der Waals surface area contributed by atoms with Gasteiger partial charge in [0.2, 0.25) is 0 Å². The highest BCUT2D eigenvalue weighted by atomic mass is 16.8. The van der Waals surface area contributed by atoms with Crippen LogP contribution in [0.3, 0.4) is 0 Å². The van der Waals surface area contributed by atoms with Crippen LogP contribution in [0.5, 0.6) is 0 Å². The van der Waals surface area contributed by atoms with Gasteiger partial charge in [0.05, 0.1) is 0 Å². The van der Waals surface area contributed by atoms with Crippen LogP contribution in [0.25, 0.3) is 11.0 Å². The Morgan fingerprint density at radius 1 is 1.35 bits per heavy atom. The highest BCUT2D eigenvalue weighted by Gasteiger charge is 2.18. The van der Waals surface area contributed by atoms with Crippen molar-refractivity contribution in [2.45, 2.75) is 26.4 Å². The zero-order valence-electron chi connectivity index (χ0n) is 10.0. The maximum atomic E-state index is 11.5. The normalized spacial score (nSPS) is 11.5. The van der Waals surface area contributed by atoms with E-state index in [0.29, 0.717) is 5.65 Å². The molecule has 0 unspecified atom stereocenters. The molecule has 0 atom stereocenters. The number of aromatic nitrogens is 2. The molecular formula is C12H14N2O3. The summed E-state index contributed by atoms with van der Waals surface area (Å²) >= 11 is 0. The second-order valence-electron chi connectivity index (χ2n) is 4.61. The lowest BCUT2D eigenvalue weighted by Gasteiger charge is -2.18. The van der Waals surface area contributed by atoms with Crippen LogP contribution in [0.1, 0.15) is 20.8 Å². The summed E-state index contributed by atoms with van der Waals surface area (Å²) in [5.41, 5.74) is 0.00589. The van der Waals surface area contributed by atoms with Gasteiger partial charge in [-0.2, -0.15) is 4.73 Å². The molecule has 5 heteroatoms. The minimum Gasteiger partial charge on any atom is -0.427 e. The molecule has 2 aromatic rings. The third-order valence-electron chi connectivity index (χ3n) is 1.98. The van der Waals surface area contributed by atoms with Crippen molar-refractivity contribution in [3.8, 4) is 0 Å². The van der Waals surface area contributed by atoms with Gasteiger partial charge >= 0.3 is 6.16 Å². The monoisotopic (exact) mass is 234 g/mol. The summed E-state index contributed by atoms with van der Waals surface area (Å²) in [4.78, 5) is 20.6. The van der Waals surface area contributed by atoms with Gasteiger partial charge in [0.1, 0.15) is 5.60 Å². The fourth-order valence-corrected chi connectivity index (χ4v) is 1.36. The molecule has 5 nitrogen and oxygen atoms in total. The van der Waals surface area contributed by atoms with Crippen LogP contribution in [0, 0.1) is 0 Å². The summed E-state index contributed by atoms with van der Waals surface area (Å²) in [6, 6.07) is 5.52. The Bertz CT molecular complexity index is 540. The fourth-order valence-electron chi connectivity index (χ4n) is 1.36. The van der Waals surface area contributed by atoms with Gasteiger partial charge in [0.15, 0.2) is 5.65 Å². The van der Waals surface area contributed by atoms with E-state index in [0.717, 1.165) is 5.39 Å². The molecular weight excluding hydrogens is 220 g/mol. The van der Waals surface area contributed by atoms with Crippen molar-refractivity contribution in [2.75, 3.05) is 0 Å². The summed E-state index contributed by atoms with van der Waals surface area (Å²) in [6.45, 7) is 5.33. The van der Waals surface area contributed by atoms with Crippen molar-refractivity contribution in [1.29, 1.82) is 0 Å². The van der Waals surface area contributed by atoms with Gasteiger partial charge in [-0.1, -0.05) is 0 Å². The SMILES string of the molecule is CC(C)(C)OC(=O)On1ccc2cccnc21. The maximum Gasteiger partial charge on any atom is 0.534 e. The van der Waals surface area contributed by atoms with E-state index in [1.54, 1.807) is 33.2 Å². The Morgan fingerprint density at radius 2 is 2.12 bits per heavy atom. The van der Waals surface area contributed by atoms with Crippen LogP contribution in [0.2, 0.25) is 0 Å². The highest BCUT2D eigenvalue weighted by molar-refractivity contribution is 5.76. The summed E-state index contributed by atoms with van der Waals surface area (Å²) in [5.74, 6) is 0. The number of pyridine rings is 1. The molecule has 0 saturated carbocycles. The van der Waals surface area contributed by atoms with Gasteiger partial charge in [-0.05, 0) is 39.0 Å². The lowest BCUT2D eigenvalue weighted by Crippen LogP contribution is -2.29. The van der Waals surface area contributed by atoms with Crippen molar-refractivity contribution in [2.24, 2.45) is 0 Å². The van der Waals surface area contributed by atoms with E-state index in [1.165, 1.54) is 4.73 Å². The van der Waals surface area contributed by atoms with Crippen molar-refractivity contribution in [3.05, 3.63) is 30.6 Å². The predicted octanol–water partition coefficient (Wildman–Crippen LogP) is 2.40. The van der Waals surface area contributed by atoms with Gasteiger partial charge in [0, 0.05) is 17.8 Å². The first kappa shape index (κ1) is 11.4. The van der Waals surface area contributed by atoms with Crippen LogP contribution in [-0.4, -0.2) is 21.5 Å². The van der Waals surface area contributed by atoms with E-state index in [4.69, 9.17) is 9.57 Å². The summed E-state index contributed by atoms with van der Waals surface area (Å²) in [6.07, 6.45) is 2.51. The standard InChI is InChI=1S/C12H14N2O3/c1-12(2,3)16-11(15)17-14-8-6-9-5-4-7-13-10(9)14/h4-8H,1-3H3. The molecule has 0 radical (unpaired) electrons. The van der Waals surface area contributed by atoms with E-state index in [1.807, 2.05) is 18.2 Å². The Kier molecular flexibility index (Phi) is 2.75. The lowest BCUT2D eigenvalue weighted by molar-refractivity contribution is -0.00897. The molecule has 0 aromatic carbocycles. The minimum absolute atomic E-state index is 0.576. The molecule has 17 heavy (non-hydrogen) atoms. The first-order chi connectivity index (χ1) is 7.96. The number of ether oxygens (including phenoxy) is 1. The van der Waals surface area contributed by atoms with Gasteiger partial charge < -0.3 is 4.74 Å². The zero-order chi connectivity index (χ0) is 12.5. The first-order valence-corrected chi connectivity index (χ1v) is 5.29. The topological polar surface area (TPSA) is 53.4 Å².